The number of nitrogens with zero attached hydrogens (tertiary/aromatic N) is 1. The number of benzene rings is 1. The Kier molecular flexibility index (Phi) is 5.35. The summed E-state index contributed by atoms with van der Waals surface area (Å²) < 4.78 is 0. The molecular formula is C19H28N2. The van der Waals surface area contributed by atoms with Crippen LogP contribution in [0, 0.1) is 5.41 Å². The van der Waals surface area contributed by atoms with Crippen molar-refractivity contribution in [2.75, 3.05) is 6.54 Å². The fourth-order valence-electron chi connectivity index (χ4n) is 2.59. The highest BCUT2D eigenvalue weighted by Crippen LogP contribution is 2.28. The summed E-state index contributed by atoms with van der Waals surface area (Å²) in [6.07, 6.45) is 5.42. The number of rotatable bonds is 6. The minimum absolute atomic E-state index is 0.380. The average molecular weight is 284 g/mol. The Morgan fingerprint density at radius 1 is 1.19 bits per heavy atom. The number of hydrogen-bond acceptors (Lipinski definition) is 2. The molecular weight excluding hydrogens is 256 g/mol. The summed E-state index contributed by atoms with van der Waals surface area (Å²) in [5, 5.41) is 4.93. The van der Waals surface area contributed by atoms with Gasteiger partial charge in [0.15, 0.2) is 0 Å². The normalized spacial score (nSPS) is 13.5. The molecule has 1 aromatic carbocycles. The van der Waals surface area contributed by atoms with Crippen molar-refractivity contribution in [1.82, 2.24) is 10.3 Å². The summed E-state index contributed by atoms with van der Waals surface area (Å²) in [6.45, 7) is 10.2. The van der Waals surface area contributed by atoms with Gasteiger partial charge in [0.25, 0.3) is 0 Å². The predicted molar refractivity (Wildman–Crippen MR) is 91.5 cm³/mol. The smallest absolute Gasteiger partial charge is 0.0702 e. The van der Waals surface area contributed by atoms with Gasteiger partial charge in [0.05, 0.1) is 5.52 Å². The van der Waals surface area contributed by atoms with Crippen molar-refractivity contribution in [2.45, 2.75) is 53.0 Å². The summed E-state index contributed by atoms with van der Waals surface area (Å²) in [5.74, 6) is 0. The van der Waals surface area contributed by atoms with Crippen molar-refractivity contribution in [3.63, 3.8) is 0 Å². The van der Waals surface area contributed by atoms with E-state index in [1.807, 2.05) is 12.3 Å². The fourth-order valence-corrected chi connectivity index (χ4v) is 2.59. The van der Waals surface area contributed by atoms with Crippen LogP contribution < -0.4 is 5.32 Å². The molecule has 1 aromatic heterocycles. The molecule has 0 spiro atoms. The number of pyridine rings is 1. The highest BCUT2D eigenvalue weighted by Gasteiger charge is 2.16. The first kappa shape index (κ1) is 16.0. The summed E-state index contributed by atoms with van der Waals surface area (Å²) >= 11 is 0. The van der Waals surface area contributed by atoms with Crippen molar-refractivity contribution in [2.24, 2.45) is 5.41 Å². The molecule has 0 fully saturated rings. The highest BCUT2D eigenvalue weighted by molar-refractivity contribution is 5.79. The third-order valence-corrected chi connectivity index (χ3v) is 3.85. The van der Waals surface area contributed by atoms with Gasteiger partial charge in [0.1, 0.15) is 0 Å². The molecule has 2 aromatic rings. The van der Waals surface area contributed by atoms with Crippen LogP contribution in [-0.2, 0) is 0 Å². The van der Waals surface area contributed by atoms with Gasteiger partial charge < -0.3 is 5.32 Å². The molecule has 0 saturated carbocycles. The highest BCUT2D eigenvalue weighted by atomic mass is 14.9. The third kappa shape index (κ3) is 4.82. The van der Waals surface area contributed by atoms with Crippen LogP contribution in [0.4, 0.5) is 0 Å². The van der Waals surface area contributed by atoms with E-state index < -0.39 is 0 Å². The molecule has 0 amide bonds. The van der Waals surface area contributed by atoms with E-state index in [-0.39, 0.29) is 0 Å². The van der Waals surface area contributed by atoms with Gasteiger partial charge in [0, 0.05) is 17.6 Å². The molecule has 1 N–H and O–H groups in total. The number of fused-ring (bicyclic) bond motifs is 1. The van der Waals surface area contributed by atoms with Crippen molar-refractivity contribution in [3.8, 4) is 0 Å². The zero-order chi connectivity index (χ0) is 15.3. The average Bonchev–Trinajstić information content (AvgIpc) is 2.46. The maximum atomic E-state index is 4.41. The zero-order valence-corrected chi connectivity index (χ0v) is 13.8. The van der Waals surface area contributed by atoms with Gasteiger partial charge in [-0.05, 0) is 55.0 Å². The lowest BCUT2D eigenvalue weighted by molar-refractivity contribution is 0.332. The van der Waals surface area contributed by atoms with E-state index in [0.717, 1.165) is 12.1 Å². The Morgan fingerprint density at radius 2 is 2.00 bits per heavy atom. The van der Waals surface area contributed by atoms with Gasteiger partial charge in [-0.25, -0.2) is 0 Å². The van der Waals surface area contributed by atoms with Crippen LogP contribution in [0.3, 0.4) is 0 Å². The quantitative estimate of drug-likeness (QED) is 0.798. The molecule has 2 nitrogen and oxygen atoms in total. The first-order valence-electron chi connectivity index (χ1n) is 8.07. The van der Waals surface area contributed by atoms with Crippen LogP contribution in [0.15, 0.2) is 36.5 Å². The van der Waals surface area contributed by atoms with E-state index in [4.69, 9.17) is 0 Å². The SMILES string of the molecule is CCCNC(CCC(C)(C)C)c1ccc2ncccc2c1. The van der Waals surface area contributed by atoms with Crippen LogP contribution in [0.25, 0.3) is 10.9 Å². The monoisotopic (exact) mass is 284 g/mol. The maximum Gasteiger partial charge on any atom is 0.0702 e. The standard InChI is InChI=1S/C19H28N2/c1-5-12-20-18(10-11-19(2,3)4)16-8-9-17-15(14-16)7-6-13-21-17/h6-9,13-14,18,20H,5,10-12H2,1-4H3. The van der Waals surface area contributed by atoms with Crippen LogP contribution in [0.5, 0.6) is 0 Å². The summed E-state index contributed by atoms with van der Waals surface area (Å²) in [4.78, 5) is 4.41. The lowest BCUT2D eigenvalue weighted by Crippen LogP contribution is -2.23. The van der Waals surface area contributed by atoms with Crippen LogP contribution >= 0.6 is 0 Å². The molecule has 2 heteroatoms. The molecule has 21 heavy (non-hydrogen) atoms. The van der Waals surface area contributed by atoms with Crippen molar-refractivity contribution < 1.29 is 0 Å². The molecule has 1 atom stereocenters. The third-order valence-electron chi connectivity index (χ3n) is 3.85. The van der Waals surface area contributed by atoms with Gasteiger partial charge in [-0.1, -0.05) is 39.8 Å². The number of aromatic nitrogens is 1. The lowest BCUT2D eigenvalue weighted by Gasteiger charge is -2.24. The summed E-state index contributed by atoms with van der Waals surface area (Å²) in [5.41, 5.74) is 2.84. The molecule has 1 heterocycles. The van der Waals surface area contributed by atoms with Crippen LogP contribution in [0.1, 0.15) is 58.6 Å². The predicted octanol–water partition coefficient (Wildman–Crippen LogP) is 5.10. The molecule has 1 unspecified atom stereocenters. The van der Waals surface area contributed by atoms with Gasteiger partial charge in [-0.15, -0.1) is 0 Å². The zero-order valence-electron chi connectivity index (χ0n) is 13.8. The maximum absolute atomic E-state index is 4.41. The van der Waals surface area contributed by atoms with Gasteiger partial charge >= 0.3 is 0 Å². The van der Waals surface area contributed by atoms with E-state index in [1.165, 1.54) is 30.2 Å². The Morgan fingerprint density at radius 3 is 2.71 bits per heavy atom. The molecule has 0 aliphatic carbocycles. The summed E-state index contributed by atoms with van der Waals surface area (Å²) in [6, 6.07) is 11.3. The molecule has 2 rings (SSSR count). The van der Waals surface area contributed by atoms with Gasteiger partial charge in [-0.3, -0.25) is 4.98 Å². The van der Waals surface area contributed by atoms with Crippen molar-refractivity contribution in [3.05, 3.63) is 42.1 Å². The molecule has 0 radical (unpaired) electrons. The van der Waals surface area contributed by atoms with E-state index in [0.29, 0.717) is 11.5 Å². The van der Waals surface area contributed by atoms with Crippen molar-refractivity contribution in [1.29, 1.82) is 0 Å². The molecule has 114 valence electrons. The van der Waals surface area contributed by atoms with Crippen LogP contribution in [0.2, 0.25) is 0 Å². The van der Waals surface area contributed by atoms with Crippen molar-refractivity contribution >= 4 is 10.9 Å². The Hall–Kier alpha value is -1.41. The number of hydrogen-bond donors (Lipinski definition) is 1. The van der Waals surface area contributed by atoms with Gasteiger partial charge in [-0.2, -0.15) is 0 Å². The Labute approximate surface area is 129 Å². The summed E-state index contributed by atoms with van der Waals surface area (Å²) in [7, 11) is 0. The van der Waals surface area contributed by atoms with E-state index in [9.17, 15) is 0 Å². The second-order valence-electron chi connectivity index (χ2n) is 7.06. The topological polar surface area (TPSA) is 24.9 Å². The molecule has 0 aliphatic rings. The van der Waals surface area contributed by atoms with Gasteiger partial charge in [0.2, 0.25) is 0 Å². The second-order valence-corrected chi connectivity index (χ2v) is 7.06. The van der Waals surface area contributed by atoms with E-state index in [1.54, 1.807) is 0 Å². The minimum Gasteiger partial charge on any atom is -0.310 e. The van der Waals surface area contributed by atoms with E-state index in [2.05, 4.69) is 62.3 Å². The lowest BCUT2D eigenvalue weighted by atomic mass is 9.87. The first-order valence-corrected chi connectivity index (χ1v) is 8.07. The Bertz CT molecular complexity index is 569. The molecule has 0 bridgehead atoms. The van der Waals surface area contributed by atoms with E-state index >= 15 is 0 Å². The fraction of sp³-hybridized carbons (Fsp3) is 0.526. The molecule has 0 saturated heterocycles. The molecule has 0 aliphatic heterocycles. The first-order chi connectivity index (χ1) is 9.99. The number of nitrogens with one attached hydrogen (secondary N) is 1. The van der Waals surface area contributed by atoms with Crippen LogP contribution in [-0.4, -0.2) is 11.5 Å². The minimum atomic E-state index is 0.380. The largest absolute Gasteiger partial charge is 0.310 e. The Balaban J connectivity index is 2.20. The second kappa shape index (κ2) is 7.04.